The lowest BCUT2D eigenvalue weighted by Gasteiger charge is -2.11. The highest BCUT2D eigenvalue weighted by atomic mass is 16.6. The monoisotopic (exact) mass is 340 g/mol. The number of carbonyl (C=O) groups is 1. The van der Waals surface area contributed by atoms with E-state index in [0.717, 1.165) is 11.1 Å². The standard InChI is InChI=1S/C19H20N2O4/c1-23-14-8-9-17(24-2)15(10-14)16-11-18(25-21-16)19(22)20-12-13-6-4-3-5-7-13/h3-10,18H,11-12H2,1-2H3,(H,20,22)/t18-/m1/s1. The average molecular weight is 340 g/mol. The minimum atomic E-state index is -0.644. The van der Waals surface area contributed by atoms with Gasteiger partial charge in [-0.2, -0.15) is 0 Å². The van der Waals surface area contributed by atoms with Crippen LogP contribution in [-0.2, 0) is 16.2 Å². The molecule has 3 rings (SSSR count). The first-order chi connectivity index (χ1) is 12.2. The highest BCUT2D eigenvalue weighted by Gasteiger charge is 2.30. The van der Waals surface area contributed by atoms with Crippen LogP contribution in [0.15, 0.2) is 53.7 Å². The van der Waals surface area contributed by atoms with Crippen LogP contribution in [0, 0.1) is 0 Å². The molecule has 0 bridgehead atoms. The molecule has 1 aliphatic heterocycles. The molecule has 0 radical (unpaired) electrons. The molecular formula is C19H20N2O4. The first-order valence-electron chi connectivity index (χ1n) is 7.98. The molecule has 0 unspecified atom stereocenters. The molecule has 2 aromatic rings. The Bertz CT molecular complexity index is 774. The Morgan fingerprint density at radius 1 is 1.20 bits per heavy atom. The molecule has 1 amide bonds. The van der Waals surface area contributed by atoms with Crippen LogP contribution in [0.25, 0.3) is 0 Å². The molecule has 0 spiro atoms. The lowest BCUT2D eigenvalue weighted by atomic mass is 10.0. The number of hydrogen-bond donors (Lipinski definition) is 1. The number of rotatable bonds is 6. The molecule has 130 valence electrons. The van der Waals surface area contributed by atoms with E-state index in [0.29, 0.717) is 30.2 Å². The predicted molar refractivity (Wildman–Crippen MR) is 93.9 cm³/mol. The second-order valence-corrected chi connectivity index (χ2v) is 5.61. The number of amides is 1. The Morgan fingerprint density at radius 3 is 2.72 bits per heavy atom. The van der Waals surface area contributed by atoms with Crippen molar-refractivity contribution < 1.29 is 19.1 Å². The Morgan fingerprint density at radius 2 is 2.00 bits per heavy atom. The van der Waals surface area contributed by atoms with Crippen molar-refractivity contribution in [1.82, 2.24) is 5.32 Å². The van der Waals surface area contributed by atoms with Crippen LogP contribution in [0.3, 0.4) is 0 Å². The summed E-state index contributed by atoms with van der Waals surface area (Å²) >= 11 is 0. The van der Waals surface area contributed by atoms with Gasteiger partial charge in [-0.05, 0) is 23.8 Å². The van der Waals surface area contributed by atoms with Crippen molar-refractivity contribution in [2.45, 2.75) is 19.1 Å². The predicted octanol–water partition coefficient (Wildman–Crippen LogP) is 2.51. The van der Waals surface area contributed by atoms with E-state index in [1.54, 1.807) is 20.3 Å². The van der Waals surface area contributed by atoms with Gasteiger partial charge >= 0.3 is 0 Å². The molecule has 1 heterocycles. The molecule has 1 N–H and O–H groups in total. The summed E-state index contributed by atoms with van der Waals surface area (Å²) in [6.45, 7) is 0.456. The van der Waals surface area contributed by atoms with E-state index in [9.17, 15) is 4.79 Å². The van der Waals surface area contributed by atoms with Gasteiger partial charge in [0, 0.05) is 18.5 Å². The van der Waals surface area contributed by atoms with Gasteiger partial charge in [0.15, 0.2) is 0 Å². The molecule has 1 aliphatic rings. The number of hydrogen-bond acceptors (Lipinski definition) is 5. The van der Waals surface area contributed by atoms with Crippen molar-refractivity contribution in [2.75, 3.05) is 14.2 Å². The lowest BCUT2D eigenvalue weighted by molar-refractivity contribution is -0.131. The number of oxime groups is 1. The summed E-state index contributed by atoms with van der Waals surface area (Å²) in [7, 11) is 3.18. The molecule has 0 aliphatic carbocycles. The molecular weight excluding hydrogens is 320 g/mol. The van der Waals surface area contributed by atoms with Gasteiger partial charge in [0.1, 0.15) is 11.5 Å². The highest BCUT2D eigenvalue weighted by molar-refractivity contribution is 6.06. The van der Waals surface area contributed by atoms with E-state index in [1.165, 1.54) is 0 Å². The van der Waals surface area contributed by atoms with Crippen molar-refractivity contribution in [1.29, 1.82) is 0 Å². The summed E-state index contributed by atoms with van der Waals surface area (Å²) in [5.74, 6) is 1.16. The minimum Gasteiger partial charge on any atom is -0.497 e. The van der Waals surface area contributed by atoms with Gasteiger partial charge in [0.2, 0.25) is 6.10 Å². The van der Waals surface area contributed by atoms with Gasteiger partial charge in [0.25, 0.3) is 5.91 Å². The van der Waals surface area contributed by atoms with Gasteiger partial charge in [-0.1, -0.05) is 35.5 Å². The first-order valence-corrected chi connectivity index (χ1v) is 7.98. The molecule has 0 fully saturated rings. The Labute approximate surface area is 146 Å². The fourth-order valence-electron chi connectivity index (χ4n) is 2.62. The van der Waals surface area contributed by atoms with Crippen molar-refractivity contribution >= 4 is 11.6 Å². The maximum absolute atomic E-state index is 12.3. The third-order valence-electron chi connectivity index (χ3n) is 3.99. The largest absolute Gasteiger partial charge is 0.497 e. The molecule has 2 aromatic carbocycles. The fraction of sp³-hybridized carbons (Fsp3) is 0.263. The number of carbonyl (C=O) groups excluding carboxylic acids is 1. The number of benzene rings is 2. The molecule has 6 heteroatoms. The smallest absolute Gasteiger partial charge is 0.264 e. The van der Waals surface area contributed by atoms with Gasteiger partial charge in [-0.25, -0.2) is 0 Å². The van der Waals surface area contributed by atoms with E-state index in [1.807, 2.05) is 42.5 Å². The maximum Gasteiger partial charge on any atom is 0.264 e. The molecule has 0 saturated heterocycles. The number of methoxy groups -OCH3 is 2. The zero-order chi connectivity index (χ0) is 17.6. The Kier molecular flexibility index (Phi) is 5.18. The minimum absolute atomic E-state index is 0.190. The van der Waals surface area contributed by atoms with E-state index in [2.05, 4.69) is 10.5 Å². The molecule has 6 nitrogen and oxygen atoms in total. The van der Waals surface area contributed by atoms with Crippen molar-refractivity contribution in [2.24, 2.45) is 5.16 Å². The second kappa shape index (κ2) is 7.70. The second-order valence-electron chi connectivity index (χ2n) is 5.61. The van der Waals surface area contributed by atoms with E-state index < -0.39 is 6.10 Å². The van der Waals surface area contributed by atoms with Crippen molar-refractivity contribution in [3.8, 4) is 11.5 Å². The van der Waals surface area contributed by atoms with Crippen LogP contribution in [0.4, 0.5) is 0 Å². The van der Waals surface area contributed by atoms with E-state index >= 15 is 0 Å². The third kappa shape index (κ3) is 3.91. The zero-order valence-electron chi connectivity index (χ0n) is 14.2. The maximum atomic E-state index is 12.3. The Hall–Kier alpha value is -3.02. The lowest BCUT2D eigenvalue weighted by Crippen LogP contribution is -2.34. The summed E-state index contributed by atoms with van der Waals surface area (Å²) in [6, 6.07) is 15.2. The summed E-state index contributed by atoms with van der Waals surface area (Å²) < 4.78 is 10.6. The van der Waals surface area contributed by atoms with Crippen molar-refractivity contribution in [3.05, 3.63) is 59.7 Å². The third-order valence-corrected chi connectivity index (χ3v) is 3.99. The zero-order valence-corrected chi connectivity index (χ0v) is 14.2. The van der Waals surface area contributed by atoms with E-state index in [4.69, 9.17) is 14.3 Å². The molecule has 0 aromatic heterocycles. The SMILES string of the molecule is COc1ccc(OC)c(C2=NO[C@@H](C(=O)NCc3ccccc3)C2)c1. The Balaban J connectivity index is 1.64. The van der Waals surface area contributed by atoms with Crippen LogP contribution in [0.2, 0.25) is 0 Å². The van der Waals surface area contributed by atoms with Crippen LogP contribution in [-0.4, -0.2) is 31.9 Å². The van der Waals surface area contributed by atoms with E-state index in [-0.39, 0.29) is 5.91 Å². The van der Waals surface area contributed by atoms with Crippen LogP contribution in [0.5, 0.6) is 11.5 Å². The average Bonchev–Trinajstić information content (AvgIpc) is 3.16. The van der Waals surface area contributed by atoms with Crippen LogP contribution >= 0.6 is 0 Å². The summed E-state index contributed by atoms with van der Waals surface area (Å²) in [5, 5.41) is 6.94. The fourth-order valence-corrected chi connectivity index (χ4v) is 2.62. The topological polar surface area (TPSA) is 69.1 Å². The van der Waals surface area contributed by atoms with Crippen LogP contribution in [0.1, 0.15) is 17.5 Å². The highest BCUT2D eigenvalue weighted by Crippen LogP contribution is 2.28. The molecule has 0 saturated carbocycles. The summed E-state index contributed by atoms with van der Waals surface area (Å²) in [5.41, 5.74) is 2.46. The van der Waals surface area contributed by atoms with Crippen LogP contribution < -0.4 is 14.8 Å². The van der Waals surface area contributed by atoms with Crippen molar-refractivity contribution in [3.63, 3.8) is 0 Å². The molecule has 1 atom stereocenters. The van der Waals surface area contributed by atoms with Gasteiger partial charge < -0.3 is 19.6 Å². The normalized spacial score (nSPS) is 15.9. The van der Waals surface area contributed by atoms with Gasteiger partial charge in [-0.3, -0.25) is 4.79 Å². The number of nitrogens with one attached hydrogen (secondary N) is 1. The quantitative estimate of drug-likeness (QED) is 0.877. The number of ether oxygens (including phenoxy) is 2. The van der Waals surface area contributed by atoms with Gasteiger partial charge in [-0.15, -0.1) is 0 Å². The summed E-state index contributed by atoms with van der Waals surface area (Å²) in [6.07, 6.45) is -0.265. The number of nitrogens with zero attached hydrogens (tertiary/aromatic N) is 1. The summed E-state index contributed by atoms with van der Waals surface area (Å²) in [4.78, 5) is 17.6. The first kappa shape index (κ1) is 16.8. The van der Waals surface area contributed by atoms with Gasteiger partial charge in [0.05, 0.1) is 19.9 Å². The molecule has 25 heavy (non-hydrogen) atoms.